The van der Waals surface area contributed by atoms with Crippen LogP contribution in [-0.4, -0.2) is 72.9 Å². The van der Waals surface area contributed by atoms with E-state index in [4.69, 9.17) is 18.9 Å². The van der Waals surface area contributed by atoms with Crippen LogP contribution < -0.4 is 0 Å². The van der Waals surface area contributed by atoms with Gasteiger partial charge in [0.2, 0.25) is 11.8 Å². The number of oxazole rings is 1. The fraction of sp³-hybridized carbons (Fsp3) is 0.286. The number of aromatic nitrogens is 5. The van der Waals surface area contributed by atoms with Crippen LogP contribution >= 0.6 is 0 Å². The molecule has 5 heterocycles. The van der Waals surface area contributed by atoms with E-state index in [0.29, 0.717) is 42.1 Å². The van der Waals surface area contributed by atoms with Crippen LogP contribution in [-0.2, 0) is 25.7 Å². The minimum absolute atomic E-state index is 0.0267. The maximum atomic E-state index is 13.9. The third-order valence-electron chi connectivity index (χ3n) is 10.4. The zero-order valence-corrected chi connectivity index (χ0v) is 30.4. The fourth-order valence-electron chi connectivity index (χ4n) is 7.48. The molecule has 55 heavy (non-hydrogen) atoms. The summed E-state index contributed by atoms with van der Waals surface area (Å²) in [4.78, 5) is 63.3. The SMILES string of the molecule is COC(=O)C[C@@H](C(=O)N1CCC[C@H]1c1ncc(-c2ccc(-c3cnc(-c4cnc([C@@H]5CCCN5C(=O)OCc5ccccc5)[nH]4)o3)cc2)[nH]1)c1ccccc1. The molecule has 280 valence electrons. The van der Waals surface area contributed by atoms with Gasteiger partial charge in [-0.25, -0.2) is 19.7 Å². The van der Waals surface area contributed by atoms with E-state index in [-0.39, 0.29) is 37.1 Å². The second-order valence-electron chi connectivity index (χ2n) is 13.8. The average Bonchev–Trinajstić information content (AvgIpc) is 4.08. The van der Waals surface area contributed by atoms with E-state index in [0.717, 1.165) is 53.6 Å². The molecule has 2 aliphatic heterocycles. The molecule has 2 saturated heterocycles. The number of amides is 2. The third-order valence-corrected chi connectivity index (χ3v) is 10.4. The second kappa shape index (κ2) is 15.8. The lowest BCUT2D eigenvalue weighted by Gasteiger charge is -2.28. The van der Waals surface area contributed by atoms with Gasteiger partial charge in [0.15, 0.2) is 5.76 Å². The van der Waals surface area contributed by atoms with Crippen molar-refractivity contribution in [2.24, 2.45) is 0 Å². The molecule has 2 amide bonds. The number of aromatic amines is 2. The van der Waals surface area contributed by atoms with Gasteiger partial charge in [-0.3, -0.25) is 14.5 Å². The molecule has 3 aromatic heterocycles. The van der Waals surface area contributed by atoms with Gasteiger partial charge >= 0.3 is 12.1 Å². The van der Waals surface area contributed by atoms with E-state index in [9.17, 15) is 14.4 Å². The Morgan fingerprint density at radius 1 is 0.764 bits per heavy atom. The molecule has 0 saturated carbocycles. The first-order valence-corrected chi connectivity index (χ1v) is 18.5. The van der Waals surface area contributed by atoms with Crippen molar-refractivity contribution >= 4 is 18.0 Å². The predicted molar refractivity (Wildman–Crippen MR) is 202 cm³/mol. The Hall–Kier alpha value is -6.50. The number of nitrogens with zero attached hydrogens (tertiary/aromatic N) is 5. The summed E-state index contributed by atoms with van der Waals surface area (Å²) in [7, 11) is 1.34. The number of benzene rings is 3. The number of hydrogen-bond acceptors (Lipinski definition) is 9. The van der Waals surface area contributed by atoms with Crippen LogP contribution in [0.3, 0.4) is 0 Å². The molecule has 13 heteroatoms. The van der Waals surface area contributed by atoms with Crippen molar-refractivity contribution in [3.8, 4) is 34.2 Å². The van der Waals surface area contributed by atoms with Crippen molar-refractivity contribution in [2.45, 2.75) is 56.7 Å². The van der Waals surface area contributed by atoms with E-state index in [1.54, 1.807) is 23.5 Å². The number of rotatable bonds is 11. The Kier molecular flexibility index (Phi) is 10.2. The summed E-state index contributed by atoms with van der Waals surface area (Å²) in [6.07, 6.45) is 7.98. The highest BCUT2D eigenvalue weighted by molar-refractivity contribution is 5.88. The number of hydrogen-bond donors (Lipinski definition) is 2. The molecule has 3 aromatic carbocycles. The van der Waals surface area contributed by atoms with Crippen LogP contribution in [0.25, 0.3) is 34.2 Å². The number of nitrogens with one attached hydrogen (secondary N) is 2. The van der Waals surface area contributed by atoms with Gasteiger partial charge in [0.05, 0.1) is 55.8 Å². The minimum atomic E-state index is -0.637. The van der Waals surface area contributed by atoms with Gasteiger partial charge in [0.1, 0.15) is 23.9 Å². The Labute approximate surface area is 317 Å². The van der Waals surface area contributed by atoms with Crippen LogP contribution in [0.1, 0.15) is 72.9 Å². The Morgan fingerprint density at radius 3 is 2.09 bits per heavy atom. The number of H-pyrrole nitrogens is 2. The summed E-state index contributed by atoms with van der Waals surface area (Å²) in [6, 6.07) is 26.4. The summed E-state index contributed by atoms with van der Waals surface area (Å²) in [6.45, 7) is 1.40. The van der Waals surface area contributed by atoms with Crippen LogP contribution in [0, 0.1) is 0 Å². The van der Waals surface area contributed by atoms with E-state index < -0.39 is 11.9 Å². The lowest BCUT2D eigenvalue weighted by molar-refractivity contribution is -0.145. The van der Waals surface area contributed by atoms with Crippen LogP contribution in [0.2, 0.25) is 0 Å². The van der Waals surface area contributed by atoms with Gasteiger partial charge in [-0.05, 0) is 42.4 Å². The monoisotopic (exact) mass is 739 g/mol. The fourth-order valence-corrected chi connectivity index (χ4v) is 7.48. The van der Waals surface area contributed by atoms with Crippen molar-refractivity contribution in [1.82, 2.24) is 34.7 Å². The van der Waals surface area contributed by atoms with Crippen molar-refractivity contribution in [3.63, 3.8) is 0 Å². The van der Waals surface area contributed by atoms with E-state index >= 15 is 0 Å². The van der Waals surface area contributed by atoms with Crippen LogP contribution in [0.4, 0.5) is 4.79 Å². The molecule has 2 N–H and O–H groups in total. The Morgan fingerprint density at radius 2 is 1.38 bits per heavy atom. The van der Waals surface area contributed by atoms with Gasteiger partial charge < -0.3 is 28.8 Å². The summed E-state index contributed by atoms with van der Waals surface area (Å²) in [5, 5.41) is 0. The maximum Gasteiger partial charge on any atom is 0.410 e. The molecule has 3 atom stereocenters. The van der Waals surface area contributed by atoms with Gasteiger partial charge in [-0.2, -0.15) is 0 Å². The predicted octanol–water partition coefficient (Wildman–Crippen LogP) is 7.61. The van der Waals surface area contributed by atoms with Crippen molar-refractivity contribution in [1.29, 1.82) is 0 Å². The molecule has 0 radical (unpaired) electrons. The molecule has 8 rings (SSSR count). The number of esters is 1. The first kappa shape index (κ1) is 35.5. The number of ether oxygens (including phenoxy) is 2. The first-order valence-electron chi connectivity index (χ1n) is 18.5. The molecular weight excluding hydrogens is 699 g/mol. The normalized spacial score (nSPS) is 17.3. The molecular formula is C42H41N7O6. The van der Waals surface area contributed by atoms with Gasteiger partial charge in [-0.1, -0.05) is 84.9 Å². The lowest BCUT2D eigenvalue weighted by Crippen LogP contribution is -2.36. The topological polar surface area (TPSA) is 160 Å². The first-order chi connectivity index (χ1) is 26.9. The quantitative estimate of drug-likeness (QED) is 0.128. The molecule has 0 bridgehead atoms. The molecule has 0 unspecified atom stereocenters. The molecule has 2 fully saturated rings. The summed E-state index contributed by atoms with van der Waals surface area (Å²) in [5.41, 5.74) is 4.93. The second-order valence-corrected chi connectivity index (χ2v) is 13.8. The molecule has 0 aliphatic carbocycles. The third kappa shape index (κ3) is 7.63. The van der Waals surface area contributed by atoms with Gasteiger partial charge in [0, 0.05) is 18.7 Å². The summed E-state index contributed by atoms with van der Waals surface area (Å²) < 4.78 is 16.7. The van der Waals surface area contributed by atoms with E-state index in [1.165, 1.54) is 7.11 Å². The van der Waals surface area contributed by atoms with E-state index in [2.05, 4.69) is 19.9 Å². The summed E-state index contributed by atoms with van der Waals surface area (Å²) in [5.74, 6) is 1.18. The number of carbonyl (C=O) groups is 3. The maximum absolute atomic E-state index is 13.9. The van der Waals surface area contributed by atoms with Crippen molar-refractivity contribution < 1.29 is 28.3 Å². The number of methoxy groups -OCH3 is 1. The highest BCUT2D eigenvalue weighted by Crippen LogP contribution is 2.37. The highest BCUT2D eigenvalue weighted by atomic mass is 16.6. The average molecular weight is 740 g/mol. The minimum Gasteiger partial charge on any atom is -0.469 e. The van der Waals surface area contributed by atoms with Crippen LogP contribution in [0.15, 0.2) is 108 Å². The molecule has 13 nitrogen and oxygen atoms in total. The smallest absolute Gasteiger partial charge is 0.410 e. The standard InChI is InChI=1S/C42H41N7O6/c1-53-37(50)22-31(28-12-6-3-7-13-28)41(51)48-20-8-14-34(48)38-43-23-32(46-38)29-16-18-30(19-17-29)36-25-45-40(55-36)33-24-44-39(47-33)35-15-9-21-49(35)42(52)54-26-27-10-4-2-5-11-27/h2-7,10-13,16-19,23-25,31,34-35H,8-9,14-15,20-22,26H2,1H3,(H,43,46)(H,44,47)/t31-,34+,35+/m1/s1. The number of likely N-dealkylation sites (tertiary alicyclic amines) is 2. The Balaban J connectivity index is 0.919. The van der Waals surface area contributed by atoms with Gasteiger partial charge in [0.25, 0.3) is 0 Å². The van der Waals surface area contributed by atoms with Crippen LogP contribution in [0.5, 0.6) is 0 Å². The molecule has 0 spiro atoms. The van der Waals surface area contributed by atoms with Crippen molar-refractivity contribution in [2.75, 3.05) is 20.2 Å². The van der Waals surface area contributed by atoms with Gasteiger partial charge in [-0.15, -0.1) is 0 Å². The highest BCUT2D eigenvalue weighted by Gasteiger charge is 2.37. The zero-order chi connectivity index (χ0) is 37.7. The largest absolute Gasteiger partial charge is 0.469 e. The number of carbonyl (C=O) groups excluding carboxylic acids is 3. The molecule has 6 aromatic rings. The van der Waals surface area contributed by atoms with E-state index in [1.807, 2.05) is 89.8 Å². The summed E-state index contributed by atoms with van der Waals surface area (Å²) >= 11 is 0. The lowest BCUT2D eigenvalue weighted by atomic mass is 9.94. The van der Waals surface area contributed by atoms with Crippen molar-refractivity contribution in [3.05, 3.63) is 126 Å². The molecule has 2 aliphatic rings. The number of imidazole rings is 2. The zero-order valence-electron chi connectivity index (χ0n) is 30.4. The Bertz CT molecular complexity index is 2250.